The number of sulfonamides is 1. The van der Waals surface area contributed by atoms with Gasteiger partial charge in [-0.25, -0.2) is 21.2 Å². The second-order valence-electron chi connectivity index (χ2n) is 4.99. The minimum absolute atomic E-state index is 0.0142. The van der Waals surface area contributed by atoms with Gasteiger partial charge in [0.15, 0.2) is 9.84 Å². The number of aryl methyl sites for hydroxylation is 1. The van der Waals surface area contributed by atoms with E-state index in [-0.39, 0.29) is 22.8 Å². The summed E-state index contributed by atoms with van der Waals surface area (Å²) in [7, 11) is -5.74. The topological polar surface area (TPSA) is 71.5 Å². The lowest BCUT2D eigenvalue weighted by molar-refractivity contribution is 0.393. The van der Waals surface area contributed by atoms with Crippen LogP contribution in [-0.4, -0.2) is 45.7 Å². The number of hydrogen-bond donors (Lipinski definition) is 0. The molecule has 1 aromatic carbocycles. The van der Waals surface area contributed by atoms with Crippen molar-refractivity contribution in [2.75, 3.05) is 18.6 Å². The summed E-state index contributed by atoms with van der Waals surface area (Å²) >= 11 is 0. The molecule has 0 aromatic heterocycles. The molecule has 5 nitrogen and oxygen atoms in total. The predicted octanol–water partition coefficient (Wildman–Crippen LogP) is 0.942. The van der Waals surface area contributed by atoms with Crippen LogP contribution in [-0.2, 0) is 19.9 Å². The molecule has 112 valence electrons. The van der Waals surface area contributed by atoms with E-state index in [9.17, 15) is 21.2 Å². The maximum atomic E-state index is 13.3. The van der Waals surface area contributed by atoms with Gasteiger partial charge >= 0.3 is 0 Å². The summed E-state index contributed by atoms with van der Waals surface area (Å²) in [5.41, 5.74) is 0.430. The van der Waals surface area contributed by atoms with Crippen LogP contribution in [0, 0.1) is 12.7 Å². The Morgan fingerprint density at radius 1 is 1.35 bits per heavy atom. The molecule has 20 heavy (non-hydrogen) atoms. The smallest absolute Gasteiger partial charge is 0.229 e. The molecule has 0 spiro atoms. The fourth-order valence-corrected chi connectivity index (χ4v) is 5.75. The predicted molar refractivity (Wildman–Crippen MR) is 73.1 cm³/mol. The number of rotatable bonds is 3. The zero-order valence-electron chi connectivity index (χ0n) is 11.2. The Morgan fingerprint density at radius 3 is 2.55 bits per heavy atom. The van der Waals surface area contributed by atoms with Gasteiger partial charge in [-0.15, -0.1) is 0 Å². The molecule has 0 amide bonds. The molecular weight excluding hydrogens is 305 g/mol. The zero-order chi connectivity index (χ0) is 15.1. The summed E-state index contributed by atoms with van der Waals surface area (Å²) in [6.45, 7) is 1.57. The van der Waals surface area contributed by atoms with Gasteiger partial charge < -0.3 is 0 Å². The second-order valence-corrected chi connectivity index (χ2v) is 9.18. The molecule has 1 heterocycles. The third-order valence-corrected chi connectivity index (χ3v) is 7.33. The van der Waals surface area contributed by atoms with E-state index in [1.54, 1.807) is 6.92 Å². The van der Waals surface area contributed by atoms with E-state index in [1.807, 2.05) is 0 Å². The molecule has 8 heteroatoms. The van der Waals surface area contributed by atoms with Crippen LogP contribution in [0.15, 0.2) is 23.1 Å². The number of halogens is 1. The van der Waals surface area contributed by atoms with Crippen LogP contribution in [0.3, 0.4) is 0 Å². The average Bonchev–Trinajstić information content (AvgIpc) is 2.71. The van der Waals surface area contributed by atoms with Crippen LogP contribution in [0.5, 0.6) is 0 Å². The molecule has 0 bridgehead atoms. The highest BCUT2D eigenvalue weighted by molar-refractivity contribution is 7.92. The van der Waals surface area contributed by atoms with Crippen molar-refractivity contribution < 1.29 is 21.2 Å². The Hall–Kier alpha value is -0.990. The van der Waals surface area contributed by atoms with E-state index in [0.717, 1.165) is 10.4 Å². The number of hydrogen-bond acceptors (Lipinski definition) is 4. The van der Waals surface area contributed by atoms with E-state index >= 15 is 0 Å². The first-order chi connectivity index (χ1) is 9.13. The van der Waals surface area contributed by atoms with Crippen molar-refractivity contribution in [3.05, 3.63) is 29.6 Å². The average molecular weight is 321 g/mol. The largest absolute Gasteiger partial charge is 0.243 e. The lowest BCUT2D eigenvalue weighted by Crippen LogP contribution is -2.38. The van der Waals surface area contributed by atoms with Crippen LogP contribution in [0.4, 0.5) is 4.39 Å². The molecular formula is C12H16FNO4S2. The highest BCUT2D eigenvalue weighted by Crippen LogP contribution is 2.25. The SMILES string of the molecule is Cc1ccc(F)cc1S(=O)(=O)N(C)C1CCS(=O)(=O)C1. The van der Waals surface area contributed by atoms with Gasteiger partial charge in [0.2, 0.25) is 10.0 Å². The molecule has 1 saturated heterocycles. The van der Waals surface area contributed by atoms with Crippen molar-refractivity contribution in [2.45, 2.75) is 24.3 Å². The Bertz CT molecular complexity index is 728. The van der Waals surface area contributed by atoms with Crippen molar-refractivity contribution in [3.63, 3.8) is 0 Å². The van der Waals surface area contributed by atoms with E-state index in [4.69, 9.17) is 0 Å². The van der Waals surface area contributed by atoms with Gasteiger partial charge in [0.05, 0.1) is 16.4 Å². The van der Waals surface area contributed by atoms with Crippen LogP contribution >= 0.6 is 0 Å². The summed E-state index contributed by atoms with van der Waals surface area (Å²) in [4.78, 5) is -0.121. The summed E-state index contributed by atoms with van der Waals surface area (Å²) in [5.74, 6) is -0.835. The van der Waals surface area contributed by atoms with Gasteiger partial charge in [-0.05, 0) is 31.0 Å². The lowest BCUT2D eigenvalue weighted by Gasteiger charge is -2.23. The first kappa shape index (κ1) is 15.4. The van der Waals surface area contributed by atoms with E-state index in [2.05, 4.69) is 0 Å². The van der Waals surface area contributed by atoms with Crippen molar-refractivity contribution in [1.82, 2.24) is 4.31 Å². The Labute approximate surface area is 118 Å². The van der Waals surface area contributed by atoms with E-state index in [1.165, 1.54) is 19.2 Å². The maximum Gasteiger partial charge on any atom is 0.243 e. The normalized spacial score (nSPS) is 22.3. The van der Waals surface area contributed by atoms with Gasteiger partial charge in [0.25, 0.3) is 0 Å². The fourth-order valence-electron chi connectivity index (χ4n) is 2.27. The summed E-state index contributed by atoms with van der Waals surface area (Å²) in [6, 6.07) is 2.95. The third kappa shape index (κ3) is 2.87. The van der Waals surface area contributed by atoms with Gasteiger partial charge in [0, 0.05) is 13.1 Å². The molecule has 1 aliphatic heterocycles. The van der Waals surface area contributed by atoms with Crippen LogP contribution in [0.2, 0.25) is 0 Å². The quantitative estimate of drug-likeness (QED) is 0.831. The van der Waals surface area contributed by atoms with E-state index < -0.39 is 31.7 Å². The Balaban J connectivity index is 2.38. The molecule has 1 aromatic rings. The minimum Gasteiger partial charge on any atom is -0.229 e. The molecule has 1 atom stereocenters. The van der Waals surface area contributed by atoms with Gasteiger partial charge in [-0.1, -0.05) is 6.07 Å². The Kier molecular flexibility index (Phi) is 3.92. The second kappa shape index (κ2) is 5.09. The summed E-state index contributed by atoms with van der Waals surface area (Å²) in [5, 5.41) is 0. The molecule has 1 fully saturated rings. The van der Waals surface area contributed by atoms with Crippen LogP contribution in [0.1, 0.15) is 12.0 Å². The van der Waals surface area contributed by atoms with Crippen molar-refractivity contribution in [1.29, 1.82) is 0 Å². The van der Waals surface area contributed by atoms with Gasteiger partial charge in [-0.3, -0.25) is 0 Å². The molecule has 0 saturated carbocycles. The van der Waals surface area contributed by atoms with Crippen molar-refractivity contribution in [2.24, 2.45) is 0 Å². The highest BCUT2D eigenvalue weighted by atomic mass is 32.2. The van der Waals surface area contributed by atoms with Gasteiger partial charge in [-0.2, -0.15) is 4.31 Å². The maximum absolute atomic E-state index is 13.3. The van der Waals surface area contributed by atoms with Gasteiger partial charge in [0.1, 0.15) is 5.82 Å². The summed E-state index contributed by atoms with van der Waals surface area (Å²) < 4.78 is 62.1. The first-order valence-electron chi connectivity index (χ1n) is 6.08. The van der Waals surface area contributed by atoms with E-state index in [0.29, 0.717) is 5.56 Å². The van der Waals surface area contributed by atoms with Crippen LogP contribution < -0.4 is 0 Å². The molecule has 1 unspecified atom stereocenters. The first-order valence-corrected chi connectivity index (χ1v) is 9.34. The van der Waals surface area contributed by atoms with Crippen molar-refractivity contribution >= 4 is 19.9 Å². The molecule has 0 N–H and O–H groups in total. The van der Waals surface area contributed by atoms with Crippen LogP contribution in [0.25, 0.3) is 0 Å². The lowest BCUT2D eigenvalue weighted by atomic mass is 10.2. The number of benzene rings is 1. The standard InChI is InChI=1S/C12H16FNO4S2/c1-9-3-4-10(13)7-12(9)20(17,18)14(2)11-5-6-19(15,16)8-11/h3-4,7,11H,5-6,8H2,1-2H3. The zero-order valence-corrected chi connectivity index (χ0v) is 12.8. The summed E-state index contributed by atoms with van der Waals surface area (Å²) in [6.07, 6.45) is 0.270. The molecule has 2 rings (SSSR count). The minimum atomic E-state index is -3.90. The van der Waals surface area contributed by atoms with Crippen molar-refractivity contribution in [3.8, 4) is 0 Å². The highest BCUT2D eigenvalue weighted by Gasteiger charge is 2.37. The monoisotopic (exact) mass is 321 g/mol. The molecule has 0 radical (unpaired) electrons. The molecule has 0 aliphatic carbocycles. The number of sulfone groups is 1. The fraction of sp³-hybridized carbons (Fsp3) is 0.500. The molecule has 1 aliphatic rings. The number of nitrogens with zero attached hydrogens (tertiary/aromatic N) is 1. The third-order valence-electron chi connectivity index (χ3n) is 3.53. The Morgan fingerprint density at radius 2 is 2.00 bits per heavy atom.